The number of hydrogen-bond donors (Lipinski definition) is 0. The molecule has 108 valence electrons. The lowest BCUT2D eigenvalue weighted by molar-refractivity contribution is -0.166. The lowest BCUT2D eigenvalue weighted by atomic mass is 10.2. The van der Waals surface area contributed by atoms with Crippen molar-refractivity contribution in [2.24, 2.45) is 4.99 Å². The SMILES string of the molecule is CC(C)N=C1SC(C)(C)C(=O)N1OCc1ccccc1. The molecule has 0 N–H and O–H groups in total. The van der Waals surface area contributed by atoms with Crippen LogP contribution in [0.3, 0.4) is 0 Å². The predicted octanol–water partition coefficient (Wildman–Crippen LogP) is 3.24. The molecule has 1 amide bonds. The Morgan fingerprint density at radius 3 is 2.55 bits per heavy atom. The molecule has 0 unspecified atom stereocenters. The molecule has 0 atom stereocenters. The molecule has 1 aliphatic rings. The van der Waals surface area contributed by atoms with Gasteiger partial charge in [-0.2, -0.15) is 5.06 Å². The minimum Gasteiger partial charge on any atom is -0.270 e. The number of nitrogens with zero attached hydrogens (tertiary/aromatic N) is 2. The van der Waals surface area contributed by atoms with E-state index in [1.807, 2.05) is 58.0 Å². The van der Waals surface area contributed by atoms with Crippen LogP contribution in [0.2, 0.25) is 0 Å². The Labute approximate surface area is 124 Å². The third-order valence-corrected chi connectivity index (χ3v) is 3.93. The molecule has 5 heteroatoms. The van der Waals surface area contributed by atoms with Crippen LogP contribution in [0.4, 0.5) is 0 Å². The van der Waals surface area contributed by atoms with Gasteiger partial charge in [0, 0.05) is 6.04 Å². The van der Waals surface area contributed by atoms with Gasteiger partial charge < -0.3 is 0 Å². The van der Waals surface area contributed by atoms with Crippen LogP contribution in [0, 0.1) is 0 Å². The Morgan fingerprint density at radius 2 is 1.95 bits per heavy atom. The van der Waals surface area contributed by atoms with Gasteiger partial charge in [0.2, 0.25) is 0 Å². The molecule has 1 aliphatic heterocycles. The molecule has 0 radical (unpaired) electrons. The quantitative estimate of drug-likeness (QED) is 0.855. The van der Waals surface area contributed by atoms with E-state index in [9.17, 15) is 4.79 Å². The number of carbonyl (C=O) groups is 1. The molecule has 1 fully saturated rings. The minimum atomic E-state index is -0.523. The van der Waals surface area contributed by atoms with E-state index in [2.05, 4.69) is 4.99 Å². The van der Waals surface area contributed by atoms with Crippen LogP contribution in [-0.2, 0) is 16.2 Å². The Morgan fingerprint density at radius 1 is 1.30 bits per heavy atom. The number of rotatable bonds is 4. The molecule has 20 heavy (non-hydrogen) atoms. The van der Waals surface area contributed by atoms with Gasteiger partial charge in [-0.1, -0.05) is 42.1 Å². The van der Waals surface area contributed by atoms with Gasteiger partial charge in [-0.15, -0.1) is 0 Å². The summed E-state index contributed by atoms with van der Waals surface area (Å²) in [5.74, 6) is -0.0576. The van der Waals surface area contributed by atoms with E-state index in [-0.39, 0.29) is 11.9 Å². The molecule has 1 aromatic rings. The lowest BCUT2D eigenvalue weighted by Crippen LogP contribution is -2.36. The van der Waals surface area contributed by atoms with Crippen LogP contribution in [-0.4, -0.2) is 26.9 Å². The zero-order chi connectivity index (χ0) is 14.8. The van der Waals surface area contributed by atoms with Crippen molar-refractivity contribution in [2.75, 3.05) is 0 Å². The van der Waals surface area contributed by atoms with Crippen molar-refractivity contribution in [3.63, 3.8) is 0 Å². The first-order chi connectivity index (χ1) is 9.40. The minimum absolute atomic E-state index is 0.0576. The highest BCUT2D eigenvalue weighted by atomic mass is 32.2. The lowest BCUT2D eigenvalue weighted by Gasteiger charge is -2.17. The molecule has 2 rings (SSSR count). The molecule has 1 aromatic carbocycles. The topological polar surface area (TPSA) is 41.9 Å². The van der Waals surface area contributed by atoms with Crippen LogP contribution in [0.15, 0.2) is 35.3 Å². The summed E-state index contributed by atoms with van der Waals surface area (Å²) in [7, 11) is 0. The van der Waals surface area contributed by atoms with Crippen molar-refractivity contribution in [1.29, 1.82) is 0 Å². The fraction of sp³-hybridized carbons (Fsp3) is 0.467. The first kappa shape index (κ1) is 15.1. The molecule has 0 saturated carbocycles. The number of carbonyl (C=O) groups excluding carboxylic acids is 1. The average Bonchev–Trinajstić information content (AvgIpc) is 2.58. The number of amides is 1. The van der Waals surface area contributed by atoms with Gasteiger partial charge in [0.25, 0.3) is 5.91 Å². The predicted molar refractivity (Wildman–Crippen MR) is 82.3 cm³/mol. The van der Waals surface area contributed by atoms with E-state index in [0.717, 1.165) is 5.56 Å². The Kier molecular flexibility index (Phi) is 4.50. The van der Waals surface area contributed by atoms with Crippen LogP contribution >= 0.6 is 11.8 Å². The summed E-state index contributed by atoms with van der Waals surface area (Å²) in [6.07, 6.45) is 0. The molecular weight excluding hydrogens is 272 g/mol. The first-order valence-electron chi connectivity index (χ1n) is 6.68. The summed E-state index contributed by atoms with van der Waals surface area (Å²) in [5, 5.41) is 1.99. The summed E-state index contributed by atoms with van der Waals surface area (Å²) in [4.78, 5) is 22.5. The second kappa shape index (κ2) is 5.97. The average molecular weight is 292 g/mol. The Hall–Kier alpha value is -1.33. The van der Waals surface area contributed by atoms with E-state index >= 15 is 0 Å². The Balaban J connectivity index is 2.13. The molecule has 1 saturated heterocycles. The maximum atomic E-state index is 12.3. The second-order valence-corrected chi connectivity index (χ2v) is 7.07. The summed E-state index contributed by atoms with van der Waals surface area (Å²) < 4.78 is -0.523. The zero-order valence-electron chi connectivity index (χ0n) is 12.3. The largest absolute Gasteiger partial charge is 0.270 e. The first-order valence-corrected chi connectivity index (χ1v) is 7.50. The van der Waals surface area contributed by atoms with E-state index in [1.165, 1.54) is 16.8 Å². The highest BCUT2D eigenvalue weighted by molar-refractivity contribution is 8.16. The van der Waals surface area contributed by atoms with Gasteiger partial charge in [0.1, 0.15) is 6.61 Å². The van der Waals surface area contributed by atoms with Crippen molar-refractivity contribution in [2.45, 2.75) is 45.1 Å². The van der Waals surface area contributed by atoms with Gasteiger partial charge in [0.15, 0.2) is 5.17 Å². The number of hydroxylamine groups is 2. The number of benzene rings is 1. The maximum absolute atomic E-state index is 12.3. The van der Waals surface area contributed by atoms with Gasteiger partial charge in [-0.05, 0) is 33.3 Å². The van der Waals surface area contributed by atoms with E-state index in [0.29, 0.717) is 11.8 Å². The number of aliphatic imine (C=N–C) groups is 1. The summed E-state index contributed by atoms with van der Waals surface area (Å²) >= 11 is 1.45. The van der Waals surface area contributed by atoms with E-state index in [1.54, 1.807) is 0 Å². The van der Waals surface area contributed by atoms with Crippen LogP contribution < -0.4 is 0 Å². The Bertz CT molecular complexity index is 512. The monoisotopic (exact) mass is 292 g/mol. The third kappa shape index (κ3) is 3.41. The van der Waals surface area contributed by atoms with Gasteiger partial charge in [0.05, 0.1) is 4.75 Å². The molecule has 0 aromatic heterocycles. The van der Waals surface area contributed by atoms with Gasteiger partial charge in [-0.3, -0.25) is 14.6 Å². The molecular formula is C15H20N2O2S. The normalized spacial score (nSPS) is 20.1. The van der Waals surface area contributed by atoms with Crippen LogP contribution in [0.5, 0.6) is 0 Å². The van der Waals surface area contributed by atoms with Crippen molar-refractivity contribution in [3.8, 4) is 0 Å². The van der Waals surface area contributed by atoms with Crippen molar-refractivity contribution >= 4 is 22.8 Å². The van der Waals surface area contributed by atoms with Crippen molar-refractivity contribution in [3.05, 3.63) is 35.9 Å². The highest BCUT2D eigenvalue weighted by Gasteiger charge is 2.45. The molecule has 0 spiro atoms. The smallest absolute Gasteiger partial charge is 0.268 e. The summed E-state index contributed by atoms with van der Waals surface area (Å²) in [6.45, 7) is 8.11. The van der Waals surface area contributed by atoms with Crippen molar-refractivity contribution < 1.29 is 9.63 Å². The number of hydrogen-bond acceptors (Lipinski definition) is 4. The fourth-order valence-electron chi connectivity index (χ4n) is 1.77. The standard InChI is InChI=1S/C15H20N2O2S/c1-11(2)16-14-17(13(18)15(3,4)20-14)19-10-12-8-6-5-7-9-12/h5-9,11H,10H2,1-4H3. The second-order valence-electron chi connectivity index (χ2n) is 5.48. The number of thioether (sulfide) groups is 1. The molecule has 1 heterocycles. The van der Waals surface area contributed by atoms with E-state index < -0.39 is 4.75 Å². The van der Waals surface area contributed by atoms with Gasteiger partial charge >= 0.3 is 0 Å². The molecule has 0 aliphatic carbocycles. The molecule has 4 nitrogen and oxygen atoms in total. The van der Waals surface area contributed by atoms with Crippen molar-refractivity contribution in [1.82, 2.24) is 5.06 Å². The summed E-state index contributed by atoms with van der Waals surface area (Å²) in [5.41, 5.74) is 1.03. The number of amidine groups is 1. The molecule has 0 bridgehead atoms. The third-order valence-electron chi connectivity index (χ3n) is 2.79. The highest BCUT2D eigenvalue weighted by Crippen LogP contribution is 2.37. The van der Waals surface area contributed by atoms with Crippen LogP contribution in [0.1, 0.15) is 33.3 Å². The van der Waals surface area contributed by atoms with Gasteiger partial charge in [-0.25, -0.2) is 0 Å². The maximum Gasteiger partial charge on any atom is 0.268 e. The summed E-state index contributed by atoms with van der Waals surface area (Å²) in [6, 6.07) is 9.92. The van der Waals surface area contributed by atoms with Crippen LogP contribution in [0.25, 0.3) is 0 Å². The van der Waals surface area contributed by atoms with E-state index in [4.69, 9.17) is 4.84 Å². The zero-order valence-corrected chi connectivity index (χ0v) is 13.1. The fourth-order valence-corrected chi connectivity index (χ4v) is 2.88.